The van der Waals surface area contributed by atoms with E-state index >= 15 is 0 Å². The Morgan fingerprint density at radius 2 is 1.37 bits per heavy atom. The fraction of sp³-hybridized carbons (Fsp3) is 0.446. The van der Waals surface area contributed by atoms with Gasteiger partial charge in [0.05, 0.1) is 89.2 Å². The Bertz CT molecular complexity index is 2820. The molecule has 0 radical (unpaired) electrons. The molecule has 79 heavy (non-hydrogen) atoms. The molecule has 7 N–H and O–H groups in total. The van der Waals surface area contributed by atoms with Gasteiger partial charge in [0, 0.05) is 92.8 Å². The van der Waals surface area contributed by atoms with Gasteiger partial charge >= 0.3 is 0 Å². The summed E-state index contributed by atoms with van der Waals surface area (Å²) in [6.07, 6.45) is 2.07. The smallest absolute Gasteiger partial charge is 0.264 e. The van der Waals surface area contributed by atoms with Gasteiger partial charge in [0.1, 0.15) is 23.5 Å². The zero-order chi connectivity index (χ0) is 55.7. The number of imide groups is 2. The minimum Gasteiger partial charge on any atom is -0.398 e. The number of benzene rings is 4. The fourth-order valence-corrected chi connectivity index (χ4v) is 9.67. The number of nitrogens with one attached hydrogen (secondary N) is 5. The highest BCUT2D eigenvalue weighted by molar-refractivity contribution is 6.25. The van der Waals surface area contributed by atoms with Crippen LogP contribution in [0.25, 0.3) is 0 Å². The normalized spacial score (nSPS) is 16.7. The molecule has 4 aromatic carbocycles. The number of amides is 6. The number of piperidine rings is 1. The van der Waals surface area contributed by atoms with Crippen LogP contribution < -0.4 is 31.9 Å². The van der Waals surface area contributed by atoms with Crippen molar-refractivity contribution in [2.45, 2.75) is 50.6 Å². The first-order valence-corrected chi connectivity index (χ1v) is 26.5. The summed E-state index contributed by atoms with van der Waals surface area (Å²) in [6.45, 7) is 7.13. The molecule has 1 unspecified atom stereocenters. The van der Waals surface area contributed by atoms with E-state index in [0.717, 1.165) is 29.5 Å². The van der Waals surface area contributed by atoms with Crippen LogP contribution in [0, 0.1) is 17.0 Å². The lowest BCUT2D eigenvalue weighted by molar-refractivity contribution is -0.136. The molecule has 4 heterocycles. The van der Waals surface area contributed by atoms with Gasteiger partial charge in [-0.1, -0.05) is 12.1 Å². The minimum atomic E-state index is -1.04. The van der Waals surface area contributed by atoms with Gasteiger partial charge in [-0.2, -0.15) is 0 Å². The van der Waals surface area contributed by atoms with Crippen molar-refractivity contribution in [1.82, 2.24) is 20.4 Å². The molecule has 23 heteroatoms. The van der Waals surface area contributed by atoms with Gasteiger partial charge < -0.3 is 59.9 Å². The van der Waals surface area contributed by atoms with E-state index in [0.29, 0.717) is 133 Å². The predicted octanol–water partition coefficient (Wildman–Crippen LogP) is 4.12. The Kier molecular flexibility index (Phi) is 20.8. The number of ether oxygens (including phenoxy) is 6. The zero-order valence-corrected chi connectivity index (χ0v) is 43.9. The molecule has 6 amide bonds. The Morgan fingerprint density at radius 3 is 2.04 bits per heavy atom. The highest BCUT2D eigenvalue weighted by atomic mass is 19.1. The average molecular weight is 1100 g/mol. The summed E-state index contributed by atoms with van der Waals surface area (Å²) in [5.41, 5.74) is 10.5. The molecule has 422 valence electrons. The van der Waals surface area contributed by atoms with E-state index in [-0.39, 0.29) is 72.5 Å². The number of anilines is 4. The van der Waals surface area contributed by atoms with Crippen LogP contribution in [0.3, 0.4) is 0 Å². The summed E-state index contributed by atoms with van der Waals surface area (Å²) in [6, 6.07) is 17.7. The molecule has 1 atom stereocenters. The van der Waals surface area contributed by atoms with Crippen molar-refractivity contribution in [2.24, 2.45) is 0 Å². The molecule has 0 bridgehead atoms. The van der Waals surface area contributed by atoms with Crippen molar-refractivity contribution in [2.75, 3.05) is 133 Å². The van der Waals surface area contributed by atoms with Crippen LogP contribution in [0.1, 0.15) is 79.9 Å². The summed E-state index contributed by atoms with van der Waals surface area (Å²) < 4.78 is 61.3. The van der Waals surface area contributed by atoms with Crippen molar-refractivity contribution < 1.29 is 66.0 Å². The van der Waals surface area contributed by atoms with E-state index in [2.05, 4.69) is 26.2 Å². The number of halogens is 2. The molecule has 4 aliphatic rings. The van der Waals surface area contributed by atoms with Crippen LogP contribution in [-0.4, -0.2) is 175 Å². The van der Waals surface area contributed by atoms with Gasteiger partial charge in [-0.15, -0.1) is 0 Å². The van der Waals surface area contributed by atoms with Crippen LogP contribution in [0.4, 0.5) is 31.5 Å². The highest BCUT2D eigenvalue weighted by Crippen LogP contribution is 2.33. The maximum Gasteiger partial charge on any atom is 0.264 e. The molecule has 3 saturated heterocycles. The van der Waals surface area contributed by atoms with Crippen molar-refractivity contribution in [3.63, 3.8) is 0 Å². The number of carbonyl (C=O) groups excluding carboxylic acids is 6. The maximum atomic E-state index is 13.9. The number of fused-ring (bicyclic) bond motifs is 1. The second-order valence-electron chi connectivity index (χ2n) is 19.2. The Hall–Kier alpha value is -7.41. The number of rotatable bonds is 27. The second kappa shape index (κ2) is 28.5. The number of hydrogen-bond acceptors (Lipinski definition) is 17. The first-order valence-electron chi connectivity index (χ1n) is 26.5. The molecule has 0 aromatic heterocycles. The summed E-state index contributed by atoms with van der Waals surface area (Å²) in [5.74, 6) is -4.35. The number of nitrogen functional groups attached to an aromatic ring is 1. The molecule has 4 aliphatic heterocycles. The van der Waals surface area contributed by atoms with E-state index in [1.807, 2.05) is 17.0 Å². The van der Waals surface area contributed by atoms with Crippen molar-refractivity contribution in [3.05, 3.63) is 118 Å². The molecule has 0 saturated carbocycles. The van der Waals surface area contributed by atoms with Crippen LogP contribution in [0.15, 0.2) is 72.8 Å². The number of hydrogen-bond donors (Lipinski definition) is 6. The second-order valence-corrected chi connectivity index (χ2v) is 19.2. The molecule has 4 aromatic rings. The van der Waals surface area contributed by atoms with Gasteiger partial charge in [-0.25, -0.2) is 8.78 Å². The van der Waals surface area contributed by atoms with Gasteiger partial charge in [-0.3, -0.25) is 44.4 Å². The van der Waals surface area contributed by atoms with E-state index in [4.69, 9.17) is 39.6 Å². The quantitative estimate of drug-likeness (QED) is 0.0161. The van der Waals surface area contributed by atoms with Crippen LogP contribution >= 0.6 is 0 Å². The SMILES string of the molecule is N=C(NC(=O)c1ccc(N2CCN(C(=O)CCOCCOCCOCCOCCOCCNc3cccc4c3C(=O)N(C3CCC(=O)NC3=O)C4=O)CC2)cc1NC1CCOCC1)c1cc(Cc2cc(F)cc(F)c2)ccc1N. The van der Waals surface area contributed by atoms with Gasteiger partial charge in [0.2, 0.25) is 17.7 Å². The minimum absolute atomic E-state index is 0.00263. The molecule has 0 aliphatic carbocycles. The molecule has 8 rings (SSSR count). The molecular formula is C56H67F2N9O12. The monoisotopic (exact) mass is 1100 g/mol. The van der Waals surface area contributed by atoms with E-state index in [1.54, 1.807) is 36.4 Å². The molecular weight excluding hydrogens is 1030 g/mol. The molecule has 3 fully saturated rings. The summed E-state index contributed by atoms with van der Waals surface area (Å²) in [5, 5.41) is 20.4. The third-order valence-corrected chi connectivity index (χ3v) is 13.8. The topological polar surface area (TPSA) is 266 Å². The predicted molar refractivity (Wildman–Crippen MR) is 287 cm³/mol. The first-order chi connectivity index (χ1) is 38.3. The third kappa shape index (κ3) is 15.9. The fourth-order valence-electron chi connectivity index (χ4n) is 9.67. The van der Waals surface area contributed by atoms with Crippen molar-refractivity contribution in [1.29, 1.82) is 5.41 Å². The lowest BCUT2D eigenvalue weighted by Gasteiger charge is -2.36. The lowest BCUT2D eigenvalue weighted by Crippen LogP contribution is -2.54. The van der Waals surface area contributed by atoms with Gasteiger partial charge in [-0.05, 0) is 91.4 Å². The average Bonchev–Trinajstić information content (AvgIpc) is 3.99. The van der Waals surface area contributed by atoms with Crippen molar-refractivity contribution >= 4 is 64.0 Å². The third-order valence-electron chi connectivity index (χ3n) is 13.8. The maximum absolute atomic E-state index is 13.9. The number of piperazine rings is 1. The van der Waals surface area contributed by atoms with E-state index in [9.17, 15) is 37.5 Å². The number of carbonyl (C=O) groups is 6. The Labute approximate surface area is 456 Å². The molecule has 0 spiro atoms. The summed E-state index contributed by atoms with van der Waals surface area (Å²) in [4.78, 5) is 82.1. The number of amidine groups is 1. The van der Waals surface area contributed by atoms with Crippen LogP contribution in [0.2, 0.25) is 0 Å². The number of nitrogens with two attached hydrogens (primary N) is 1. The zero-order valence-electron chi connectivity index (χ0n) is 43.9. The van der Waals surface area contributed by atoms with Crippen LogP contribution in [0.5, 0.6) is 0 Å². The standard InChI is InChI=1S/C56H67F2N9O12/c57-38-31-37(32-39(58)34-38)30-36-4-7-45(59)44(33-36)52(60)64-53(70)42-6-5-41(35-47(42)62-40-10-18-74-19-11-40)65-14-16-66(17-15-65)50(69)12-20-75-22-24-77-26-28-79-29-27-78-25-23-76-21-13-61-46-3-1-2-43-51(46)56(73)67(55(43)72)48-8-9-49(68)63-54(48)71/h1-7,31-35,40,48,61-62H,8-30,59H2,(H2,60,64,70)(H,63,68,71). The van der Waals surface area contributed by atoms with Gasteiger partial charge in [0.15, 0.2) is 0 Å². The lowest BCUT2D eigenvalue weighted by atomic mass is 10.0. The largest absolute Gasteiger partial charge is 0.398 e. The van der Waals surface area contributed by atoms with E-state index in [1.165, 1.54) is 18.2 Å². The molecule has 21 nitrogen and oxygen atoms in total. The number of nitrogens with zero attached hydrogens (tertiary/aromatic N) is 3. The Morgan fingerprint density at radius 1 is 0.709 bits per heavy atom. The first kappa shape index (κ1) is 57.8. The van der Waals surface area contributed by atoms with Crippen molar-refractivity contribution in [3.8, 4) is 0 Å². The van der Waals surface area contributed by atoms with Gasteiger partial charge in [0.25, 0.3) is 17.7 Å². The highest BCUT2D eigenvalue weighted by Gasteiger charge is 2.45. The van der Waals surface area contributed by atoms with E-state index < -0.39 is 47.2 Å². The summed E-state index contributed by atoms with van der Waals surface area (Å²) in [7, 11) is 0. The summed E-state index contributed by atoms with van der Waals surface area (Å²) >= 11 is 0. The Balaban J connectivity index is 0.662. The van der Waals surface area contributed by atoms with Crippen LogP contribution in [-0.2, 0) is 49.2 Å².